The molecule has 24 heavy (non-hydrogen) atoms. The highest BCUT2D eigenvalue weighted by molar-refractivity contribution is 5.88. The Morgan fingerprint density at radius 1 is 1.42 bits per heavy atom. The van der Waals surface area contributed by atoms with Crippen LogP contribution in [0.2, 0.25) is 0 Å². The monoisotopic (exact) mass is 333 g/mol. The van der Waals surface area contributed by atoms with Gasteiger partial charge in [0.2, 0.25) is 5.91 Å². The Labute approximate surface area is 138 Å². The SMILES string of the molecule is CC12CCCCC1C2C(=O)NN=Cc1cc([N+](=O)[O-])c(O)cc1O. The van der Waals surface area contributed by atoms with Crippen LogP contribution < -0.4 is 5.43 Å². The van der Waals surface area contributed by atoms with Gasteiger partial charge in [-0.05, 0) is 24.2 Å². The summed E-state index contributed by atoms with van der Waals surface area (Å²) in [6, 6.07) is 1.87. The fourth-order valence-corrected chi connectivity index (χ4v) is 3.92. The van der Waals surface area contributed by atoms with Crippen LogP contribution in [0.1, 0.15) is 38.2 Å². The van der Waals surface area contributed by atoms with E-state index >= 15 is 0 Å². The van der Waals surface area contributed by atoms with E-state index in [1.807, 2.05) is 0 Å². The van der Waals surface area contributed by atoms with Crippen molar-refractivity contribution in [3.63, 3.8) is 0 Å². The summed E-state index contributed by atoms with van der Waals surface area (Å²) in [4.78, 5) is 22.3. The second-order valence-corrected chi connectivity index (χ2v) is 6.73. The van der Waals surface area contributed by atoms with Crippen molar-refractivity contribution in [2.75, 3.05) is 0 Å². The number of phenolic OH excluding ortho intramolecular Hbond substituents is 2. The number of carbonyl (C=O) groups excluding carboxylic acids is 1. The number of phenols is 2. The van der Waals surface area contributed by atoms with Gasteiger partial charge >= 0.3 is 5.69 Å². The van der Waals surface area contributed by atoms with Crippen molar-refractivity contribution in [1.82, 2.24) is 5.43 Å². The molecule has 0 radical (unpaired) electrons. The van der Waals surface area contributed by atoms with Crippen molar-refractivity contribution in [2.24, 2.45) is 22.4 Å². The van der Waals surface area contributed by atoms with E-state index in [1.54, 1.807) is 0 Å². The van der Waals surface area contributed by atoms with Gasteiger partial charge in [0.05, 0.1) is 11.1 Å². The Morgan fingerprint density at radius 2 is 2.17 bits per heavy atom. The second-order valence-electron chi connectivity index (χ2n) is 6.73. The quantitative estimate of drug-likeness (QED) is 0.443. The Bertz CT molecular complexity index is 733. The number of aromatic hydroxyl groups is 2. The molecule has 128 valence electrons. The summed E-state index contributed by atoms with van der Waals surface area (Å²) in [5, 5.41) is 33.7. The molecule has 0 aliphatic heterocycles. The molecule has 3 atom stereocenters. The number of rotatable bonds is 4. The molecule has 2 aliphatic rings. The van der Waals surface area contributed by atoms with Gasteiger partial charge in [-0.15, -0.1) is 0 Å². The minimum absolute atomic E-state index is 0.0409. The predicted molar refractivity (Wildman–Crippen MR) is 85.7 cm³/mol. The number of hydrazone groups is 1. The van der Waals surface area contributed by atoms with Crippen molar-refractivity contribution in [3.8, 4) is 11.5 Å². The minimum Gasteiger partial charge on any atom is -0.507 e. The average molecular weight is 333 g/mol. The van der Waals surface area contributed by atoms with E-state index in [-0.39, 0.29) is 28.6 Å². The van der Waals surface area contributed by atoms with Crippen LogP contribution in [0.3, 0.4) is 0 Å². The van der Waals surface area contributed by atoms with Gasteiger partial charge in [-0.2, -0.15) is 5.10 Å². The van der Waals surface area contributed by atoms with Gasteiger partial charge in [-0.25, -0.2) is 5.43 Å². The number of hydrogen-bond acceptors (Lipinski definition) is 6. The lowest BCUT2D eigenvalue weighted by Crippen LogP contribution is -2.22. The molecule has 2 saturated carbocycles. The maximum Gasteiger partial charge on any atom is 0.311 e. The molecule has 0 saturated heterocycles. The largest absolute Gasteiger partial charge is 0.507 e. The molecule has 8 nitrogen and oxygen atoms in total. The molecule has 3 N–H and O–H groups in total. The maximum absolute atomic E-state index is 12.2. The Morgan fingerprint density at radius 3 is 2.79 bits per heavy atom. The number of hydrogen-bond donors (Lipinski definition) is 3. The van der Waals surface area contributed by atoms with E-state index in [2.05, 4.69) is 17.5 Å². The van der Waals surface area contributed by atoms with E-state index in [9.17, 15) is 25.1 Å². The molecule has 0 spiro atoms. The molecule has 1 amide bonds. The molecule has 1 aromatic rings. The van der Waals surface area contributed by atoms with Crippen LogP contribution in [0.5, 0.6) is 11.5 Å². The van der Waals surface area contributed by atoms with Crippen LogP contribution in [0.4, 0.5) is 5.69 Å². The van der Waals surface area contributed by atoms with Gasteiger partial charge in [0.25, 0.3) is 0 Å². The normalized spacial score (nSPS) is 28.4. The topological polar surface area (TPSA) is 125 Å². The van der Waals surface area contributed by atoms with E-state index in [0.717, 1.165) is 44.0 Å². The lowest BCUT2D eigenvalue weighted by Gasteiger charge is -2.15. The number of amides is 1. The fourth-order valence-electron chi connectivity index (χ4n) is 3.92. The molecule has 2 fully saturated rings. The highest BCUT2D eigenvalue weighted by Gasteiger charge is 2.64. The van der Waals surface area contributed by atoms with Gasteiger partial charge < -0.3 is 10.2 Å². The zero-order chi connectivity index (χ0) is 17.5. The lowest BCUT2D eigenvalue weighted by atomic mass is 9.90. The van der Waals surface area contributed by atoms with Gasteiger partial charge in [0.15, 0.2) is 5.75 Å². The van der Waals surface area contributed by atoms with Crippen molar-refractivity contribution in [3.05, 3.63) is 27.8 Å². The zero-order valence-corrected chi connectivity index (χ0v) is 13.2. The Kier molecular flexibility index (Phi) is 3.90. The summed E-state index contributed by atoms with van der Waals surface area (Å²) in [7, 11) is 0. The van der Waals surface area contributed by atoms with Gasteiger partial charge in [0, 0.05) is 23.6 Å². The fraction of sp³-hybridized carbons (Fsp3) is 0.500. The summed E-state index contributed by atoms with van der Waals surface area (Å²) in [5.41, 5.74) is 2.02. The van der Waals surface area contributed by atoms with Crippen LogP contribution in [-0.4, -0.2) is 27.3 Å². The number of fused-ring (bicyclic) bond motifs is 1. The molecular weight excluding hydrogens is 314 g/mol. The van der Waals surface area contributed by atoms with Crippen LogP contribution >= 0.6 is 0 Å². The smallest absolute Gasteiger partial charge is 0.311 e. The van der Waals surface area contributed by atoms with Crippen molar-refractivity contribution in [2.45, 2.75) is 32.6 Å². The highest BCUT2D eigenvalue weighted by Crippen LogP contribution is 2.66. The Hall–Kier alpha value is -2.64. The van der Waals surface area contributed by atoms with Gasteiger partial charge in [0.1, 0.15) is 5.75 Å². The average Bonchev–Trinajstić information content (AvgIpc) is 3.14. The summed E-state index contributed by atoms with van der Waals surface area (Å²) in [6.07, 6.45) is 5.53. The summed E-state index contributed by atoms with van der Waals surface area (Å²) in [6.45, 7) is 2.12. The number of nitro benzene ring substituents is 1. The lowest BCUT2D eigenvalue weighted by molar-refractivity contribution is -0.385. The van der Waals surface area contributed by atoms with E-state index in [1.165, 1.54) is 0 Å². The first-order valence-electron chi connectivity index (χ1n) is 7.88. The molecule has 0 aromatic heterocycles. The molecule has 3 rings (SSSR count). The molecular formula is C16H19N3O5. The van der Waals surface area contributed by atoms with E-state index < -0.39 is 16.4 Å². The summed E-state index contributed by atoms with van der Waals surface area (Å²) < 4.78 is 0. The Balaban J connectivity index is 1.68. The van der Waals surface area contributed by atoms with Crippen molar-refractivity contribution >= 4 is 17.8 Å². The highest BCUT2D eigenvalue weighted by atomic mass is 16.6. The van der Waals surface area contributed by atoms with Crippen LogP contribution in [-0.2, 0) is 4.79 Å². The summed E-state index contributed by atoms with van der Waals surface area (Å²) >= 11 is 0. The van der Waals surface area contributed by atoms with Gasteiger partial charge in [-0.3, -0.25) is 14.9 Å². The molecule has 0 heterocycles. The molecule has 8 heteroatoms. The second kappa shape index (κ2) is 5.77. The van der Waals surface area contributed by atoms with E-state index in [0.29, 0.717) is 5.92 Å². The zero-order valence-electron chi connectivity index (χ0n) is 13.2. The van der Waals surface area contributed by atoms with Crippen molar-refractivity contribution in [1.29, 1.82) is 0 Å². The standard InChI is InChI=1S/C16H19N3O5/c1-16-5-3-2-4-10(16)14(16)15(22)18-17-8-9-6-11(19(23)24)13(21)7-12(9)20/h6-8,10,14,20-21H,2-5H2,1H3,(H,18,22). The van der Waals surface area contributed by atoms with Gasteiger partial charge in [-0.1, -0.05) is 19.8 Å². The number of nitro groups is 1. The first-order chi connectivity index (χ1) is 11.3. The number of nitrogens with one attached hydrogen (secondary N) is 1. The number of benzene rings is 1. The summed E-state index contributed by atoms with van der Waals surface area (Å²) in [5.74, 6) is -0.783. The third kappa shape index (κ3) is 2.68. The molecule has 3 unspecified atom stereocenters. The third-order valence-electron chi connectivity index (χ3n) is 5.31. The molecule has 1 aromatic carbocycles. The molecule has 0 bridgehead atoms. The minimum atomic E-state index is -0.763. The van der Waals surface area contributed by atoms with Crippen molar-refractivity contribution < 1.29 is 19.9 Å². The van der Waals surface area contributed by atoms with Crippen LogP contribution in [0.25, 0.3) is 0 Å². The maximum atomic E-state index is 12.2. The number of nitrogens with zero attached hydrogens (tertiary/aromatic N) is 2. The number of carbonyl (C=O) groups is 1. The first-order valence-corrected chi connectivity index (χ1v) is 7.88. The third-order valence-corrected chi connectivity index (χ3v) is 5.31. The van der Waals surface area contributed by atoms with E-state index in [4.69, 9.17) is 0 Å². The first kappa shape index (κ1) is 16.2. The predicted octanol–water partition coefficient (Wildman–Crippen LogP) is 2.28. The molecule has 2 aliphatic carbocycles. The van der Waals surface area contributed by atoms with Crippen LogP contribution in [0.15, 0.2) is 17.2 Å². The van der Waals surface area contributed by atoms with Crippen LogP contribution in [0, 0.1) is 27.4 Å².